The summed E-state index contributed by atoms with van der Waals surface area (Å²) >= 11 is 7.98. The van der Waals surface area contributed by atoms with Crippen LogP contribution in [0.3, 0.4) is 0 Å². The molecule has 0 saturated carbocycles. The van der Waals surface area contributed by atoms with Crippen LogP contribution in [-0.4, -0.2) is 14.7 Å². The van der Waals surface area contributed by atoms with Gasteiger partial charge in [-0.1, -0.05) is 29.8 Å². The molecule has 1 aliphatic rings. The average Bonchev–Trinajstić information content (AvgIpc) is 2.25. The van der Waals surface area contributed by atoms with Gasteiger partial charge in [0.25, 0.3) is 0 Å². The number of hydrogen-bond donors (Lipinski definition) is 0. The Morgan fingerprint density at radius 2 is 1.94 bits per heavy atom. The number of fused-ring (bicyclic) bond motifs is 1. The highest BCUT2D eigenvalue weighted by Gasteiger charge is 2.55. The lowest BCUT2D eigenvalue weighted by Gasteiger charge is -2.41. The van der Waals surface area contributed by atoms with E-state index in [1.807, 2.05) is 32.0 Å². The average molecular weight is 293 g/mol. The molecule has 1 heterocycles. The number of Topliss-reactive ketones (excluding diaryl/α,β-unsaturated/α-hetero) is 1. The van der Waals surface area contributed by atoms with Crippen LogP contribution in [-0.2, 0) is 0 Å². The molecule has 1 aromatic rings. The molecule has 16 heavy (non-hydrogen) atoms. The van der Waals surface area contributed by atoms with Gasteiger partial charge in [-0.25, -0.2) is 0 Å². The van der Waals surface area contributed by atoms with E-state index in [1.54, 1.807) is 17.8 Å². The highest BCUT2D eigenvalue weighted by Crippen LogP contribution is 2.57. The number of thioether (sulfide) groups is 1. The largest absolute Gasteiger partial charge is 0.291 e. The predicted molar refractivity (Wildman–Crippen MR) is 72.7 cm³/mol. The molecular weight excluding hydrogens is 283 g/mol. The third-order valence-electron chi connectivity index (χ3n) is 2.67. The minimum absolute atomic E-state index is 0.103. The van der Waals surface area contributed by atoms with Crippen LogP contribution in [0.25, 0.3) is 0 Å². The Morgan fingerprint density at radius 1 is 1.31 bits per heavy atom. The van der Waals surface area contributed by atoms with Crippen molar-refractivity contribution in [1.29, 1.82) is 0 Å². The van der Waals surface area contributed by atoms with Crippen LogP contribution in [0.1, 0.15) is 24.2 Å². The van der Waals surface area contributed by atoms with Crippen molar-refractivity contribution in [2.45, 2.75) is 27.7 Å². The fourth-order valence-corrected chi connectivity index (χ4v) is 4.61. The zero-order valence-corrected chi connectivity index (χ0v) is 11.9. The number of rotatable bonds is 1. The highest BCUT2D eigenvalue weighted by atomic mass is 35.7. The lowest BCUT2D eigenvalue weighted by molar-refractivity contribution is 0.0959. The summed E-state index contributed by atoms with van der Waals surface area (Å²) in [4.78, 5) is 13.3. The molecule has 0 saturated heterocycles. The molecule has 0 N–H and O–H groups in total. The van der Waals surface area contributed by atoms with Crippen LogP contribution in [0.5, 0.6) is 0 Å². The van der Waals surface area contributed by atoms with Crippen LogP contribution in [0, 0.1) is 0 Å². The van der Waals surface area contributed by atoms with Gasteiger partial charge >= 0.3 is 0 Å². The molecule has 1 nitrogen and oxygen atoms in total. The van der Waals surface area contributed by atoms with E-state index in [2.05, 4.69) is 0 Å². The van der Waals surface area contributed by atoms with Crippen LogP contribution in [0.2, 0.25) is 0 Å². The van der Waals surface area contributed by atoms with Gasteiger partial charge in [-0.05, 0) is 41.6 Å². The molecule has 5 heteroatoms. The van der Waals surface area contributed by atoms with Crippen molar-refractivity contribution >= 4 is 50.8 Å². The Kier molecular flexibility index (Phi) is 3.26. The lowest BCUT2D eigenvalue weighted by Crippen LogP contribution is -2.48. The van der Waals surface area contributed by atoms with Crippen molar-refractivity contribution in [2.75, 3.05) is 0 Å². The zero-order chi connectivity index (χ0) is 12.0. The van der Waals surface area contributed by atoms with E-state index in [1.165, 1.54) is 0 Å². The minimum atomic E-state index is -1.10. The number of carbonyl (C=O) groups is 1. The summed E-state index contributed by atoms with van der Waals surface area (Å²) in [6, 6.07) is 7.50. The third-order valence-corrected chi connectivity index (χ3v) is 7.02. The standard InChI is InChI=1S/C11H10Cl2OS2/c1-10(2)11(12,16-13)9(14)7-5-3-4-6-8(7)15-10/h3-6H,1-2H3. The second-order valence-electron chi connectivity index (χ2n) is 4.11. The quantitative estimate of drug-likeness (QED) is 0.706. The summed E-state index contributed by atoms with van der Waals surface area (Å²) in [7, 11) is 6.71. The van der Waals surface area contributed by atoms with Crippen LogP contribution >= 0.6 is 45.0 Å². The maximum Gasteiger partial charge on any atom is 0.197 e. The summed E-state index contributed by atoms with van der Waals surface area (Å²) in [6.45, 7) is 3.88. The zero-order valence-electron chi connectivity index (χ0n) is 8.79. The second-order valence-corrected chi connectivity index (χ2v) is 7.80. The molecule has 86 valence electrons. The monoisotopic (exact) mass is 292 g/mol. The molecule has 0 fully saturated rings. The Bertz CT molecular complexity index is 447. The van der Waals surface area contributed by atoms with E-state index in [4.69, 9.17) is 22.3 Å². The van der Waals surface area contributed by atoms with Crippen LogP contribution < -0.4 is 0 Å². The summed E-state index contributed by atoms with van der Waals surface area (Å²) in [5.41, 5.74) is 0.662. The first-order valence-electron chi connectivity index (χ1n) is 4.74. The SMILES string of the molecule is CC1(C)Sc2ccccc2C(=O)C1(Cl)SCl. The highest BCUT2D eigenvalue weighted by molar-refractivity contribution is 8.24. The van der Waals surface area contributed by atoms with Gasteiger partial charge in [-0.15, -0.1) is 11.8 Å². The molecule has 2 rings (SSSR count). The number of hydrogen-bond acceptors (Lipinski definition) is 3. The van der Waals surface area contributed by atoms with Crippen molar-refractivity contribution in [3.63, 3.8) is 0 Å². The predicted octanol–water partition coefficient (Wildman–Crippen LogP) is 4.58. The van der Waals surface area contributed by atoms with E-state index in [9.17, 15) is 4.79 Å². The van der Waals surface area contributed by atoms with Crippen molar-refractivity contribution in [2.24, 2.45) is 0 Å². The van der Waals surface area contributed by atoms with Gasteiger partial charge in [0.1, 0.15) is 0 Å². The van der Waals surface area contributed by atoms with Gasteiger partial charge in [0.2, 0.25) is 0 Å². The molecule has 1 aliphatic heterocycles. The lowest BCUT2D eigenvalue weighted by atomic mass is 9.98. The Balaban J connectivity index is 2.61. The fraction of sp³-hybridized carbons (Fsp3) is 0.364. The normalized spacial score (nSPS) is 27.6. The smallest absolute Gasteiger partial charge is 0.197 e. The molecule has 1 unspecified atom stereocenters. The Hall–Kier alpha value is 0.170. The number of carbonyl (C=O) groups excluding carboxylic acids is 1. The first kappa shape index (κ1) is 12.6. The van der Waals surface area contributed by atoms with E-state index < -0.39 is 8.95 Å². The van der Waals surface area contributed by atoms with Crippen molar-refractivity contribution in [1.82, 2.24) is 0 Å². The van der Waals surface area contributed by atoms with Crippen molar-refractivity contribution < 1.29 is 4.79 Å². The minimum Gasteiger partial charge on any atom is -0.291 e. The Labute approximate surface area is 113 Å². The van der Waals surface area contributed by atoms with Gasteiger partial charge in [0, 0.05) is 10.5 Å². The molecule has 1 aromatic carbocycles. The van der Waals surface area contributed by atoms with Crippen molar-refractivity contribution in [3.05, 3.63) is 29.8 Å². The van der Waals surface area contributed by atoms with Crippen molar-refractivity contribution in [3.8, 4) is 0 Å². The first-order chi connectivity index (χ1) is 7.42. The van der Waals surface area contributed by atoms with E-state index in [0.717, 1.165) is 15.9 Å². The molecular formula is C11H10Cl2OS2. The second kappa shape index (κ2) is 4.13. The molecule has 0 bridgehead atoms. The maximum atomic E-state index is 12.3. The molecule has 0 aliphatic carbocycles. The molecule has 0 amide bonds. The first-order valence-corrected chi connectivity index (χ1v) is 7.57. The molecule has 0 aromatic heterocycles. The summed E-state index contributed by atoms with van der Waals surface area (Å²) in [5.74, 6) is -0.103. The van der Waals surface area contributed by atoms with Gasteiger partial charge in [-0.2, -0.15) is 0 Å². The topological polar surface area (TPSA) is 17.1 Å². The van der Waals surface area contributed by atoms with Crippen LogP contribution in [0.4, 0.5) is 0 Å². The summed E-state index contributed by atoms with van der Waals surface area (Å²) in [6.07, 6.45) is 0. The van der Waals surface area contributed by atoms with E-state index >= 15 is 0 Å². The fourth-order valence-electron chi connectivity index (χ4n) is 1.66. The Morgan fingerprint density at radius 3 is 2.56 bits per heavy atom. The summed E-state index contributed by atoms with van der Waals surface area (Å²) in [5, 5.41) is 0. The number of halogens is 2. The van der Waals surface area contributed by atoms with Crippen LogP contribution in [0.15, 0.2) is 29.2 Å². The van der Waals surface area contributed by atoms with Gasteiger partial charge in [0.15, 0.2) is 9.99 Å². The molecule has 0 spiro atoms. The van der Waals surface area contributed by atoms with Gasteiger partial charge in [-0.3, -0.25) is 4.79 Å². The number of ketones is 1. The number of benzene rings is 1. The number of alkyl halides is 1. The van der Waals surface area contributed by atoms with Gasteiger partial charge in [0.05, 0.1) is 4.75 Å². The van der Waals surface area contributed by atoms with E-state index in [-0.39, 0.29) is 5.78 Å². The maximum absolute atomic E-state index is 12.3. The molecule has 1 atom stereocenters. The third kappa shape index (κ3) is 1.69. The van der Waals surface area contributed by atoms with E-state index in [0.29, 0.717) is 5.56 Å². The molecule has 0 radical (unpaired) electrons. The summed E-state index contributed by atoms with van der Waals surface area (Å²) < 4.78 is -1.54. The van der Waals surface area contributed by atoms with Gasteiger partial charge < -0.3 is 0 Å².